The number of anilines is 1. The second kappa shape index (κ2) is 9.67. The van der Waals surface area contributed by atoms with Crippen LogP contribution in [0.25, 0.3) is 0 Å². The second-order valence-electron chi connectivity index (χ2n) is 9.90. The van der Waals surface area contributed by atoms with Crippen molar-refractivity contribution in [3.63, 3.8) is 0 Å². The van der Waals surface area contributed by atoms with Crippen LogP contribution in [-0.4, -0.2) is 17.6 Å². The van der Waals surface area contributed by atoms with Crippen LogP contribution in [0.1, 0.15) is 77.6 Å². The molecular formula is C25H36N2O2S. The molecule has 164 valence electrons. The molecule has 4 saturated carbocycles. The predicted octanol–water partition coefficient (Wildman–Crippen LogP) is 6.07. The highest BCUT2D eigenvalue weighted by Crippen LogP contribution is 2.60. The molecule has 1 aromatic carbocycles. The van der Waals surface area contributed by atoms with E-state index in [1.807, 2.05) is 24.3 Å². The van der Waals surface area contributed by atoms with Gasteiger partial charge < -0.3 is 15.4 Å². The maximum atomic E-state index is 13.2. The van der Waals surface area contributed by atoms with Crippen LogP contribution >= 0.6 is 12.2 Å². The second-order valence-corrected chi connectivity index (χ2v) is 10.3. The lowest BCUT2D eigenvalue weighted by Crippen LogP contribution is -2.55. The average molecular weight is 429 g/mol. The summed E-state index contributed by atoms with van der Waals surface area (Å²) in [5.41, 5.74) is 0.678. The lowest BCUT2D eigenvalue weighted by Gasteiger charge is -2.55. The molecular weight excluding hydrogens is 392 g/mol. The summed E-state index contributed by atoms with van der Waals surface area (Å²) >= 11 is 5.47. The number of hydrogen-bond donors (Lipinski definition) is 2. The van der Waals surface area contributed by atoms with Crippen LogP contribution in [0.5, 0.6) is 5.75 Å². The third-order valence-corrected chi connectivity index (χ3v) is 7.56. The van der Waals surface area contributed by atoms with E-state index >= 15 is 0 Å². The molecule has 4 bridgehead atoms. The lowest BCUT2D eigenvalue weighted by molar-refractivity contribution is -0.144. The minimum absolute atomic E-state index is 0.138. The Balaban J connectivity index is 1.25. The fourth-order valence-electron chi connectivity index (χ4n) is 6.35. The van der Waals surface area contributed by atoms with E-state index in [2.05, 4.69) is 17.6 Å². The van der Waals surface area contributed by atoms with Crippen molar-refractivity contribution in [2.75, 3.05) is 11.9 Å². The van der Waals surface area contributed by atoms with E-state index < -0.39 is 0 Å². The first-order valence-electron chi connectivity index (χ1n) is 11.9. The van der Waals surface area contributed by atoms with Crippen molar-refractivity contribution in [3.05, 3.63) is 24.3 Å². The Morgan fingerprint density at radius 3 is 2.40 bits per heavy atom. The summed E-state index contributed by atoms with van der Waals surface area (Å²) in [4.78, 5) is 13.2. The van der Waals surface area contributed by atoms with Crippen molar-refractivity contribution in [2.45, 2.75) is 77.6 Å². The highest BCUT2D eigenvalue weighted by atomic mass is 32.1. The number of unbranched alkanes of at least 4 members (excludes halogenated alkanes) is 4. The van der Waals surface area contributed by atoms with Gasteiger partial charge in [-0.05, 0) is 87.1 Å². The van der Waals surface area contributed by atoms with Crippen LogP contribution in [0.2, 0.25) is 0 Å². The van der Waals surface area contributed by atoms with Gasteiger partial charge in [-0.25, -0.2) is 0 Å². The fraction of sp³-hybridized carbons (Fsp3) is 0.680. The number of ether oxygens (including phenoxy) is 1. The van der Waals surface area contributed by atoms with Crippen molar-refractivity contribution in [1.82, 2.24) is 5.32 Å². The zero-order chi connectivity index (χ0) is 21.0. The molecule has 2 N–H and O–H groups in total. The zero-order valence-corrected chi connectivity index (χ0v) is 19.1. The van der Waals surface area contributed by atoms with Crippen molar-refractivity contribution < 1.29 is 9.53 Å². The molecule has 1 amide bonds. The predicted molar refractivity (Wildman–Crippen MR) is 126 cm³/mol. The molecule has 4 aliphatic rings. The first kappa shape index (κ1) is 21.6. The summed E-state index contributed by atoms with van der Waals surface area (Å²) in [6.45, 7) is 2.96. The SMILES string of the molecule is CCCCCCCOc1cccc(NC(=S)NC(=O)C23CC4CC(CC(C4)C2)C3)c1. The van der Waals surface area contributed by atoms with Gasteiger partial charge >= 0.3 is 0 Å². The number of benzene rings is 1. The first-order chi connectivity index (χ1) is 14.6. The molecule has 4 nitrogen and oxygen atoms in total. The molecule has 30 heavy (non-hydrogen) atoms. The minimum Gasteiger partial charge on any atom is -0.494 e. The first-order valence-corrected chi connectivity index (χ1v) is 12.3. The third-order valence-electron chi connectivity index (χ3n) is 7.36. The molecule has 0 radical (unpaired) electrons. The van der Waals surface area contributed by atoms with Crippen LogP contribution < -0.4 is 15.4 Å². The maximum Gasteiger partial charge on any atom is 0.232 e. The molecule has 0 heterocycles. The molecule has 0 aliphatic heterocycles. The maximum absolute atomic E-state index is 13.2. The molecule has 4 aliphatic carbocycles. The van der Waals surface area contributed by atoms with Crippen molar-refractivity contribution in [2.24, 2.45) is 23.2 Å². The van der Waals surface area contributed by atoms with E-state index in [4.69, 9.17) is 17.0 Å². The summed E-state index contributed by atoms with van der Waals surface area (Å²) in [5, 5.41) is 6.60. The smallest absolute Gasteiger partial charge is 0.232 e. The number of amides is 1. The van der Waals surface area contributed by atoms with Gasteiger partial charge in [-0.2, -0.15) is 0 Å². The molecule has 0 unspecified atom stereocenters. The summed E-state index contributed by atoms with van der Waals surface area (Å²) in [6.07, 6.45) is 13.3. The van der Waals surface area contributed by atoms with Crippen LogP contribution in [0, 0.1) is 23.2 Å². The molecule has 5 rings (SSSR count). The summed E-state index contributed by atoms with van der Waals surface area (Å²) in [7, 11) is 0. The van der Waals surface area contributed by atoms with Crippen LogP contribution in [0.4, 0.5) is 5.69 Å². The minimum atomic E-state index is -0.177. The highest BCUT2D eigenvalue weighted by molar-refractivity contribution is 7.80. The largest absolute Gasteiger partial charge is 0.494 e. The van der Waals surface area contributed by atoms with E-state index in [1.54, 1.807) is 0 Å². The van der Waals surface area contributed by atoms with E-state index in [1.165, 1.54) is 44.9 Å². The van der Waals surface area contributed by atoms with Gasteiger partial charge in [0.15, 0.2) is 5.11 Å². The average Bonchev–Trinajstić information content (AvgIpc) is 2.70. The Morgan fingerprint density at radius 2 is 1.73 bits per heavy atom. The van der Waals surface area contributed by atoms with E-state index in [-0.39, 0.29) is 11.3 Å². The third kappa shape index (κ3) is 5.16. The van der Waals surface area contributed by atoms with Gasteiger partial charge in [0, 0.05) is 11.8 Å². The molecule has 1 aromatic rings. The number of hydrogen-bond acceptors (Lipinski definition) is 3. The quantitative estimate of drug-likeness (QED) is 0.370. The van der Waals surface area contributed by atoms with Gasteiger partial charge in [-0.3, -0.25) is 4.79 Å². The Kier molecular flexibility index (Phi) is 6.97. The summed E-state index contributed by atoms with van der Waals surface area (Å²) in [5.74, 6) is 3.22. The van der Waals surface area contributed by atoms with Gasteiger partial charge in [0.1, 0.15) is 5.75 Å². The number of thiocarbonyl (C=S) groups is 1. The van der Waals surface area contributed by atoms with Crippen LogP contribution in [0.15, 0.2) is 24.3 Å². The topological polar surface area (TPSA) is 50.4 Å². The monoisotopic (exact) mass is 428 g/mol. The number of rotatable bonds is 9. The molecule has 0 aromatic heterocycles. The van der Waals surface area contributed by atoms with Gasteiger partial charge in [-0.1, -0.05) is 38.7 Å². The number of carbonyl (C=O) groups excluding carboxylic acids is 1. The van der Waals surface area contributed by atoms with E-state index in [0.29, 0.717) is 5.11 Å². The summed E-state index contributed by atoms with van der Waals surface area (Å²) < 4.78 is 5.88. The van der Waals surface area contributed by atoms with E-state index in [0.717, 1.165) is 61.5 Å². The van der Waals surface area contributed by atoms with Gasteiger partial charge in [0.2, 0.25) is 5.91 Å². The van der Waals surface area contributed by atoms with Crippen molar-refractivity contribution >= 4 is 28.9 Å². The number of nitrogens with one attached hydrogen (secondary N) is 2. The van der Waals surface area contributed by atoms with Gasteiger partial charge in [0.05, 0.1) is 12.0 Å². The van der Waals surface area contributed by atoms with Gasteiger partial charge in [-0.15, -0.1) is 0 Å². The van der Waals surface area contributed by atoms with Crippen LogP contribution in [0.3, 0.4) is 0 Å². The molecule has 0 spiro atoms. The Hall–Kier alpha value is -1.62. The highest BCUT2D eigenvalue weighted by Gasteiger charge is 2.54. The fourth-order valence-corrected chi connectivity index (χ4v) is 6.56. The lowest BCUT2D eigenvalue weighted by atomic mass is 9.49. The van der Waals surface area contributed by atoms with Gasteiger partial charge in [0.25, 0.3) is 0 Å². The van der Waals surface area contributed by atoms with E-state index in [9.17, 15) is 4.79 Å². The Labute approximate surface area is 186 Å². The molecule has 5 heteroatoms. The Bertz CT molecular complexity index is 728. The molecule has 0 atom stereocenters. The molecule has 0 saturated heterocycles. The summed E-state index contributed by atoms with van der Waals surface area (Å²) in [6, 6.07) is 7.83. The zero-order valence-electron chi connectivity index (χ0n) is 18.3. The normalized spacial score (nSPS) is 28.9. The van der Waals surface area contributed by atoms with Crippen molar-refractivity contribution in [1.29, 1.82) is 0 Å². The Morgan fingerprint density at radius 1 is 1.07 bits per heavy atom. The van der Waals surface area contributed by atoms with Crippen LogP contribution in [-0.2, 0) is 4.79 Å². The standard InChI is InChI=1S/C25H36N2O2S/c1-2-3-4-5-6-10-29-22-9-7-8-21(14-22)26-24(30)27-23(28)25-15-18-11-19(16-25)13-20(12-18)17-25/h7-9,14,18-20H,2-6,10-13,15-17H2,1H3,(H2,26,27,28,30). The molecule has 4 fully saturated rings. The van der Waals surface area contributed by atoms with Crippen molar-refractivity contribution in [3.8, 4) is 5.75 Å². The number of carbonyl (C=O) groups is 1.